The molecule has 3 heterocycles. The molecule has 1 N–H and O–H groups in total. The summed E-state index contributed by atoms with van der Waals surface area (Å²) in [6.07, 6.45) is 7.79. The minimum absolute atomic E-state index is 0. The predicted molar refractivity (Wildman–Crippen MR) is 227 cm³/mol. The Morgan fingerprint density at radius 1 is 0.962 bits per heavy atom. The fourth-order valence-corrected chi connectivity index (χ4v) is 9.13. The number of aliphatic hydroxyl groups excluding tert-OH is 1. The van der Waals surface area contributed by atoms with Crippen LogP contribution < -0.4 is 0 Å². The van der Waals surface area contributed by atoms with Crippen molar-refractivity contribution >= 4 is 61.3 Å². The van der Waals surface area contributed by atoms with E-state index in [0.717, 1.165) is 59.2 Å². The van der Waals surface area contributed by atoms with Gasteiger partial charge in [-0.3, -0.25) is 9.78 Å². The summed E-state index contributed by atoms with van der Waals surface area (Å²) >= 11 is 8.73. The van der Waals surface area contributed by atoms with Gasteiger partial charge in [0.15, 0.2) is 5.78 Å². The number of thiol groups is 1. The van der Waals surface area contributed by atoms with Crippen LogP contribution in [0.1, 0.15) is 118 Å². The third kappa shape index (κ3) is 9.50. The minimum Gasteiger partial charge on any atom is -0.512 e. The molecule has 0 spiro atoms. The molecule has 1 radical (unpaired) electrons. The van der Waals surface area contributed by atoms with Gasteiger partial charge >= 0.3 is 0 Å². The molecule has 0 fully saturated rings. The average Bonchev–Trinajstić information content (AvgIpc) is 3.70. The third-order valence-corrected chi connectivity index (χ3v) is 13.7. The summed E-state index contributed by atoms with van der Waals surface area (Å²) in [5.74, 6) is 0.946. The molecule has 0 amide bonds. The number of aryl methyl sites for hydroxylation is 1. The number of pyridine rings is 1. The Labute approximate surface area is 340 Å². The van der Waals surface area contributed by atoms with Crippen LogP contribution in [0.3, 0.4) is 0 Å². The Hall–Kier alpha value is -2.28. The van der Waals surface area contributed by atoms with Crippen LogP contribution in [0, 0.1) is 29.7 Å². The first kappa shape index (κ1) is 44.1. The number of carbonyl (C=O) groups excluding carboxylic acids is 1. The normalized spacial score (nSPS) is 12.6. The van der Waals surface area contributed by atoms with Crippen LogP contribution in [0.15, 0.2) is 64.7 Å². The molecule has 0 saturated heterocycles. The van der Waals surface area contributed by atoms with Crippen molar-refractivity contribution in [2.24, 2.45) is 16.7 Å². The van der Waals surface area contributed by atoms with Gasteiger partial charge in [-0.2, -0.15) is 11.3 Å². The summed E-state index contributed by atoms with van der Waals surface area (Å²) in [5, 5.41) is 14.8. The predicted octanol–water partition coefficient (Wildman–Crippen LogP) is 14.4. The smallest absolute Gasteiger partial charge is 0.164 e. The molecule has 3 nitrogen and oxygen atoms in total. The van der Waals surface area contributed by atoms with Crippen molar-refractivity contribution in [2.45, 2.75) is 125 Å². The summed E-state index contributed by atoms with van der Waals surface area (Å²) in [6.45, 7) is 25.7. The number of hydrogen-bond donors (Lipinski definition) is 2. The number of hydrogen-bond acceptors (Lipinski definition) is 6. The number of aliphatic hydroxyl groups is 1. The first-order valence-corrected chi connectivity index (χ1v) is 20.7. The maximum atomic E-state index is 12.2. The average molecular weight is 933 g/mol. The van der Waals surface area contributed by atoms with E-state index in [4.69, 9.17) is 17.6 Å². The summed E-state index contributed by atoms with van der Waals surface area (Å²) < 4.78 is 2.67. The Kier molecular flexibility index (Phi) is 15.2. The zero-order valence-corrected chi connectivity index (χ0v) is 38.1. The molecule has 5 aromatic rings. The van der Waals surface area contributed by atoms with Gasteiger partial charge in [0.05, 0.1) is 0 Å². The van der Waals surface area contributed by atoms with Crippen molar-refractivity contribution in [1.29, 1.82) is 0 Å². The molecular weight excluding hydrogens is 875 g/mol. The van der Waals surface area contributed by atoms with Crippen molar-refractivity contribution in [2.75, 3.05) is 0 Å². The number of carbonyl (C=O) groups is 1. The van der Waals surface area contributed by atoms with Crippen molar-refractivity contribution < 1.29 is 30.0 Å². The van der Waals surface area contributed by atoms with Crippen LogP contribution in [0.4, 0.5) is 0 Å². The molecule has 0 atom stereocenters. The second-order valence-electron chi connectivity index (χ2n) is 16.0. The van der Waals surface area contributed by atoms with Gasteiger partial charge in [0.25, 0.3) is 0 Å². The molecule has 3 aromatic heterocycles. The molecule has 2 aromatic carbocycles. The molecule has 0 bridgehead atoms. The summed E-state index contributed by atoms with van der Waals surface area (Å²) in [7, 11) is 0. The van der Waals surface area contributed by atoms with Crippen molar-refractivity contribution in [3.8, 4) is 22.4 Å². The second kappa shape index (κ2) is 17.9. The number of thiophene rings is 2. The minimum atomic E-state index is -0.337. The van der Waals surface area contributed by atoms with Crippen molar-refractivity contribution in [1.82, 2.24) is 4.98 Å². The molecule has 0 aliphatic heterocycles. The maximum Gasteiger partial charge on any atom is 0.164 e. The Bertz CT molecular complexity index is 2020. The quantitative estimate of drug-likeness (QED) is 0.0600. The molecule has 5 rings (SSSR count). The first-order valence-electron chi connectivity index (χ1n) is 18.5. The van der Waals surface area contributed by atoms with Gasteiger partial charge < -0.3 is 5.11 Å². The number of benzene rings is 2. The third-order valence-electron chi connectivity index (χ3n) is 11.0. The van der Waals surface area contributed by atoms with E-state index < -0.39 is 0 Å². The number of rotatable bonds is 11. The van der Waals surface area contributed by atoms with Gasteiger partial charge in [-0.1, -0.05) is 93.4 Å². The molecule has 0 saturated carbocycles. The summed E-state index contributed by atoms with van der Waals surface area (Å²) in [6, 6.07) is 16.9. The second-order valence-corrected chi connectivity index (χ2v) is 18.5. The Morgan fingerprint density at radius 2 is 1.60 bits per heavy atom. The van der Waals surface area contributed by atoms with E-state index in [1.54, 1.807) is 11.3 Å². The van der Waals surface area contributed by atoms with Crippen LogP contribution in [-0.2, 0) is 36.7 Å². The van der Waals surface area contributed by atoms with E-state index in [2.05, 4.69) is 89.4 Å². The van der Waals surface area contributed by atoms with Gasteiger partial charge in [0, 0.05) is 63.4 Å². The molecule has 283 valence electrons. The SMILES string of the molecule is CCC(C)(CC)C(=O)/C=C(\O)C(C)(CC)CC.Cc1c(CC(C)C)sc2ccc(-c3ccnc(-c4[c-]c5ccsc5c(C(C)(C)C)c4)c3S)cc12.[Ir]. The molecular formula is C45H58IrNO2S3-. The fraction of sp³-hybridized carbons (Fsp3) is 0.467. The Morgan fingerprint density at radius 3 is 2.17 bits per heavy atom. The van der Waals surface area contributed by atoms with E-state index in [0.29, 0.717) is 5.92 Å². The van der Waals surface area contributed by atoms with E-state index in [1.807, 2.05) is 59.1 Å². The van der Waals surface area contributed by atoms with Crippen molar-refractivity contribution in [3.05, 3.63) is 81.9 Å². The maximum absolute atomic E-state index is 12.2. The number of ketones is 1. The van der Waals surface area contributed by atoms with Gasteiger partial charge in [0.1, 0.15) is 5.76 Å². The fourth-order valence-electron chi connectivity index (χ4n) is 6.26. The van der Waals surface area contributed by atoms with Gasteiger partial charge in [-0.15, -0.1) is 47.6 Å². The largest absolute Gasteiger partial charge is 0.512 e. The van der Waals surface area contributed by atoms with Crippen molar-refractivity contribution in [3.63, 3.8) is 0 Å². The van der Waals surface area contributed by atoms with E-state index >= 15 is 0 Å². The zero-order chi connectivity index (χ0) is 37.9. The molecule has 0 unspecified atom stereocenters. The van der Waals surface area contributed by atoms with Crippen LogP contribution in [-0.4, -0.2) is 15.9 Å². The molecule has 52 heavy (non-hydrogen) atoms. The molecule has 0 aliphatic rings. The van der Waals surface area contributed by atoms with E-state index in [1.165, 1.54) is 42.4 Å². The number of aromatic nitrogens is 1. The van der Waals surface area contributed by atoms with E-state index in [9.17, 15) is 9.90 Å². The van der Waals surface area contributed by atoms with Gasteiger partial charge in [-0.25, -0.2) is 0 Å². The van der Waals surface area contributed by atoms with Crippen LogP contribution >= 0.6 is 35.3 Å². The van der Waals surface area contributed by atoms with Crippen LogP contribution in [0.2, 0.25) is 0 Å². The Balaban J connectivity index is 0.000000347. The number of nitrogens with zero attached hydrogens (tertiary/aromatic N) is 1. The van der Waals surface area contributed by atoms with Gasteiger partial charge in [-0.05, 0) is 101 Å². The van der Waals surface area contributed by atoms with Crippen LogP contribution in [0.25, 0.3) is 42.6 Å². The monoisotopic (exact) mass is 933 g/mol. The molecule has 0 aliphatic carbocycles. The molecule has 7 heteroatoms. The van der Waals surface area contributed by atoms with Crippen LogP contribution in [0.5, 0.6) is 0 Å². The standard InChI is InChI=1S/C30H30NS3.C15H28O2.Ir/c1-17(2)13-26-18(3)23-15-19(7-8-25(23)34-26)22-9-11-31-27(28(22)32)21-14-20-10-12-33-29(20)24(16-21)30(4,5)6;1-7-14(5,8-2)12(16)11-13(17)15(6,9-3)10-4;/h7-12,15-17,32H,13H2,1-6H3;11,16H,7-10H2,1-6H3;/q-1;;/b;12-11-;. The van der Waals surface area contributed by atoms with Gasteiger partial charge in [0.2, 0.25) is 0 Å². The summed E-state index contributed by atoms with van der Waals surface area (Å²) in [5.41, 5.74) is 6.38. The first-order chi connectivity index (χ1) is 23.9. The number of fused-ring (bicyclic) bond motifs is 2. The summed E-state index contributed by atoms with van der Waals surface area (Å²) in [4.78, 5) is 19.3. The topological polar surface area (TPSA) is 50.2 Å². The number of allylic oxidation sites excluding steroid dienone is 2. The zero-order valence-electron chi connectivity index (χ0n) is 33.2. The van der Waals surface area contributed by atoms with E-state index in [-0.39, 0.29) is 47.9 Å².